The molecule has 0 aliphatic rings. The summed E-state index contributed by atoms with van der Waals surface area (Å²) in [5.41, 5.74) is -0.342. The first-order valence-electron chi connectivity index (χ1n) is 3.86. The Hall–Kier alpha value is -1.23. The van der Waals surface area contributed by atoms with Gasteiger partial charge in [0.2, 0.25) is 11.1 Å². The van der Waals surface area contributed by atoms with Crippen LogP contribution in [0.1, 0.15) is 5.56 Å². The Labute approximate surface area is 88.6 Å². The summed E-state index contributed by atoms with van der Waals surface area (Å²) in [6, 6.07) is 0.897. The number of halogens is 4. The van der Waals surface area contributed by atoms with Crippen molar-refractivity contribution in [2.24, 2.45) is 0 Å². The number of hydrogen-bond donors (Lipinski definition) is 0. The number of carbonyl (C=O) groups excluding carboxylic acids is 1. The lowest BCUT2D eigenvalue weighted by Crippen LogP contribution is -2.04. The number of benzene rings is 1. The van der Waals surface area contributed by atoms with Gasteiger partial charge in [0.15, 0.2) is 17.4 Å². The van der Waals surface area contributed by atoms with Crippen LogP contribution in [0.15, 0.2) is 6.07 Å². The van der Waals surface area contributed by atoms with Gasteiger partial charge in [0.25, 0.3) is 0 Å². The zero-order valence-corrected chi connectivity index (χ0v) is 8.37. The van der Waals surface area contributed by atoms with Crippen molar-refractivity contribution in [3.8, 4) is 5.75 Å². The maximum Gasteiger partial charge on any atom is 0.226 e. The highest BCUT2D eigenvalue weighted by Crippen LogP contribution is 2.25. The molecule has 0 N–H and O–H groups in total. The van der Waals surface area contributed by atoms with E-state index in [-0.39, 0.29) is 5.56 Å². The van der Waals surface area contributed by atoms with Crippen LogP contribution in [-0.4, -0.2) is 12.4 Å². The van der Waals surface area contributed by atoms with Crippen molar-refractivity contribution in [3.05, 3.63) is 29.1 Å². The number of rotatable bonds is 3. The molecule has 0 amide bonds. The molecule has 0 aromatic heterocycles. The van der Waals surface area contributed by atoms with Crippen LogP contribution in [0.3, 0.4) is 0 Å². The third kappa shape index (κ3) is 2.41. The van der Waals surface area contributed by atoms with E-state index in [4.69, 9.17) is 11.6 Å². The van der Waals surface area contributed by atoms with Gasteiger partial charge in [0.1, 0.15) is 0 Å². The van der Waals surface area contributed by atoms with Crippen molar-refractivity contribution in [2.45, 2.75) is 6.42 Å². The second-order valence-corrected chi connectivity index (χ2v) is 3.13. The minimum atomic E-state index is -1.68. The Morgan fingerprint density at radius 2 is 1.93 bits per heavy atom. The zero-order valence-electron chi connectivity index (χ0n) is 7.61. The molecule has 1 aromatic rings. The molecule has 82 valence electrons. The molecule has 15 heavy (non-hydrogen) atoms. The predicted molar refractivity (Wildman–Crippen MR) is 47.4 cm³/mol. The Kier molecular flexibility index (Phi) is 3.57. The summed E-state index contributed by atoms with van der Waals surface area (Å²) in [7, 11) is 1.10. The largest absolute Gasteiger partial charge is 0.494 e. The van der Waals surface area contributed by atoms with Gasteiger partial charge in [-0.15, -0.1) is 0 Å². The van der Waals surface area contributed by atoms with E-state index in [0.717, 1.165) is 13.2 Å². The molecule has 1 aromatic carbocycles. The molecule has 0 saturated carbocycles. The van der Waals surface area contributed by atoms with E-state index in [0.29, 0.717) is 0 Å². The molecule has 0 radical (unpaired) electrons. The molecule has 0 fully saturated rings. The molecule has 0 aliphatic carbocycles. The lowest BCUT2D eigenvalue weighted by Gasteiger charge is -2.07. The van der Waals surface area contributed by atoms with Crippen molar-refractivity contribution in [1.82, 2.24) is 0 Å². The van der Waals surface area contributed by atoms with Crippen molar-refractivity contribution in [3.63, 3.8) is 0 Å². The second kappa shape index (κ2) is 4.53. The van der Waals surface area contributed by atoms with Crippen molar-refractivity contribution < 1.29 is 22.7 Å². The quantitative estimate of drug-likeness (QED) is 0.597. The smallest absolute Gasteiger partial charge is 0.226 e. The Bertz CT molecular complexity index is 407. The minimum Gasteiger partial charge on any atom is -0.494 e. The minimum absolute atomic E-state index is 0.342. The van der Waals surface area contributed by atoms with Gasteiger partial charge in [-0.2, -0.15) is 4.39 Å². The molecule has 0 aliphatic heterocycles. The number of hydrogen-bond acceptors (Lipinski definition) is 2. The van der Waals surface area contributed by atoms with Crippen LogP contribution in [-0.2, 0) is 11.2 Å². The van der Waals surface area contributed by atoms with Crippen LogP contribution in [0, 0.1) is 17.5 Å². The molecule has 6 heteroatoms. The first-order chi connectivity index (χ1) is 6.97. The van der Waals surface area contributed by atoms with Crippen LogP contribution in [0.25, 0.3) is 0 Å². The summed E-state index contributed by atoms with van der Waals surface area (Å²) < 4.78 is 43.4. The standard InChI is InChI=1S/C9H6ClF3O2/c1-15-5-2-4(3-6(10)14)7(11)9(13)8(5)12/h2H,3H2,1H3. The lowest BCUT2D eigenvalue weighted by atomic mass is 10.1. The van der Waals surface area contributed by atoms with E-state index < -0.39 is 34.9 Å². The van der Waals surface area contributed by atoms with Gasteiger partial charge in [-0.3, -0.25) is 4.79 Å². The van der Waals surface area contributed by atoms with Crippen LogP contribution in [0.2, 0.25) is 0 Å². The van der Waals surface area contributed by atoms with E-state index in [1.54, 1.807) is 0 Å². The zero-order chi connectivity index (χ0) is 11.6. The summed E-state index contributed by atoms with van der Waals surface area (Å²) in [5, 5.41) is -0.873. The highest BCUT2D eigenvalue weighted by molar-refractivity contribution is 6.63. The van der Waals surface area contributed by atoms with E-state index >= 15 is 0 Å². The van der Waals surface area contributed by atoms with E-state index in [2.05, 4.69) is 4.74 Å². The van der Waals surface area contributed by atoms with Crippen molar-refractivity contribution in [1.29, 1.82) is 0 Å². The molecule has 1 rings (SSSR count). The molecule has 0 saturated heterocycles. The van der Waals surface area contributed by atoms with Crippen LogP contribution < -0.4 is 4.74 Å². The molecule has 0 spiro atoms. The fourth-order valence-electron chi connectivity index (χ4n) is 1.06. The van der Waals surface area contributed by atoms with Gasteiger partial charge in [-0.25, -0.2) is 8.78 Å². The van der Waals surface area contributed by atoms with E-state index in [1.165, 1.54) is 0 Å². The number of methoxy groups -OCH3 is 1. The maximum absolute atomic E-state index is 13.1. The van der Waals surface area contributed by atoms with E-state index in [1.807, 2.05) is 0 Å². The molecule has 2 nitrogen and oxygen atoms in total. The van der Waals surface area contributed by atoms with Crippen molar-refractivity contribution >= 4 is 16.8 Å². The monoisotopic (exact) mass is 238 g/mol. The summed E-state index contributed by atoms with van der Waals surface area (Å²) in [4.78, 5) is 10.5. The summed E-state index contributed by atoms with van der Waals surface area (Å²) in [6.45, 7) is 0. The van der Waals surface area contributed by atoms with E-state index in [9.17, 15) is 18.0 Å². The molecular formula is C9H6ClF3O2. The molecular weight excluding hydrogens is 233 g/mol. The summed E-state index contributed by atoms with van der Waals surface area (Å²) >= 11 is 5.01. The van der Waals surface area contributed by atoms with Gasteiger partial charge < -0.3 is 4.74 Å². The van der Waals surface area contributed by atoms with Crippen molar-refractivity contribution in [2.75, 3.05) is 7.11 Å². The molecule has 0 bridgehead atoms. The average Bonchev–Trinajstić information content (AvgIpc) is 2.18. The van der Waals surface area contributed by atoms with Gasteiger partial charge in [0.05, 0.1) is 13.5 Å². The summed E-state index contributed by atoms with van der Waals surface area (Å²) in [5.74, 6) is -5.01. The van der Waals surface area contributed by atoms with Crippen LogP contribution in [0.4, 0.5) is 13.2 Å². The predicted octanol–water partition coefficient (Wildman–Crippen LogP) is 2.42. The third-order valence-corrected chi connectivity index (χ3v) is 1.87. The summed E-state index contributed by atoms with van der Waals surface area (Å²) in [6.07, 6.45) is -0.527. The molecule has 0 atom stereocenters. The average molecular weight is 239 g/mol. The normalized spacial score (nSPS) is 10.2. The molecule has 0 unspecified atom stereocenters. The SMILES string of the molecule is COc1cc(CC(=O)Cl)c(F)c(F)c1F. The second-order valence-electron chi connectivity index (χ2n) is 2.71. The molecule has 0 heterocycles. The number of carbonyl (C=O) groups is 1. The van der Waals surface area contributed by atoms with Gasteiger partial charge in [-0.05, 0) is 17.7 Å². The fourth-order valence-corrected chi connectivity index (χ4v) is 1.20. The Morgan fingerprint density at radius 1 is 1.33 bits per heavy atom. The van der Waals surface area contributed by atoms with Crippen LogP contribution >= 0.6 is 11.6 Å². The first-order valence-corrected chi connectivity index (χ1v) is 4.23. The Balaban J connectivity index is 3.28. The highest BCUT2D eigenvalue weighted by atomic mass is 35.5. The fraction of sp³-hybridized carbons (Fsp3) is 0.222. The van der Waals surface area contributed by atoms with Gasteiger partial charge >= 0.3 is 0 Å². The highest BCUT2D eigenvalue weighted by Gasteiger charge is 2.20. The topological polar surface area (TPSA) is 26.3 Å². The van der Waals surface area contributed by atoms with Gasteiger partial charge in [-0.1, -0.05) is 0 Å². The van der Waals surface area contributed by atoms with Gasteiger partial charge in [0, 0.05) is 5.56 Å². The first kappa shape index (κ1) is 11.8. The third-order valence-electron chi connectivity index (χ3n) is 1.74. The lowest BCUT2D eigenvalue weighted by molar-refractivity contribution is -0.111. The van der Waals surface area contributed by atoms with Crippen LogP contribution in [0.5, 0.6) is 5.75 Å². The Morgan fingerprint density at radius 3 is 2.40 bits per heavy atom. The maximum atomic E-state index is 13.1. The number of ether oxygens (including phenoxy) is 1.